The van der Waals surface area contributed by atoms with Gasteiger partial charge in [-0.2, -0.15) is 0 Å². The van der Waals surface area contributed by atoms with Crippen LogP contribution in [-0.2, 0) is 0 Å². The van der Waals surface area contributed by atoms with Gasteiger partial charge in [0.15, 0.2) is 0 Å². The van der Waals surface area contributed by atoms with E-state index in [2.05, 4.69) is 27.7 Å². The van der Waals surface area contributed by atoms with Crippen LogP contribution in [0.5, 0.6) is 0 Å². The molecule has 22 heavy (non-hydrogen) atoms. The van der Waals surface area contributed by atoms with Crippen LogP contribution in [0.15, 0.2) is 0 Å². The second-order valence-electron chi connectivity index (χ2n) is 9.61. The van der Waals surface area contributed by atoms with Gasteiger partial charge in [-0.25, -0.2) is 0 Å². The molecule has 3 rings (SSSR count). The first-order valence-corrected chi connectivity index (χ1v) is 9.60. The lowest BCUT2D eigenvalue weighted by atomic mass is 9.42. The van der Waals surface area contributed by atoms with Crippen LogP contribution in [0.3, 0.4) is 0 Å². The highest BCUT2D eigenvalue weighted by atomic mass is 16.3. The summed E-state index contributed by atoms with van der Waals surface area (Å²) in [7, 11) is 0. The zero-order valence-electron chi connectivity index (χ0n) is 15.1. The Labute approximate surface area is 136 Å². The zero-order chi connectivity index (χ0) is 16.2. The van der Waals surface area contributed by atoms with Crippen LogP contribution < -0.4 is 0 Å². The van der Waals surface area contributed by atoms with Crippen molar-refractivity contribution >= 4 is 0 Å². The minimum absolute atomic E-state index is 0.0676. The molecule has 0 bridgehead atoms. The van der Waals surface area contributed by atoms with Gasteiger partial charge >= 0.3 is 0 Å². The number of hydrogen-bond donors (Lipinski definition) is 2. The van der Waals surface area contributed by atoms with Crippen molar-refractivity contribution in [3.8, 4) is 0 Å². The first-order valence-electron chi connectivity index (χ1n) is 9.60. The van der Waals surface area contributed by atoms with Crippen molar-refractivity contribution in [2.45, 2.75) is 84.7 Å². The molecule has 0 saturated heterocycles. The van der Waals surface area contributed by atoms with Crippen LogP contribution in [0.2, 0.25) is 0 Å². The fourth-order valence-electron chi connectivity index (χ4n) is 6.56. The Balaban J connectivity index is 1.91. The summed E-state index contributed by atoms with van der Waals surface area (Å²) in [6, 6.07) is 0. The number of hydrogen-bond acceptors (Lipinski definition) is 2. The molecule has 0 amide bonds. The Bertz CT molecular complexity index is 420. The van der Waals surface area contributed by atoms with E-state index in [-0.39, 0.29) is 23.4 Å². The summed E-state index contributed by atoms with van der Waals surface area (Å²) in [4.78, 5) is 0. The molecule has 6 atom stereocenters. The van der Waals surface area contributed by atoms with Crippen molar-refractivity contribution in [3.05, 3.63) is 0 Å². The maximum atomic E-state index is 11.8. The average molecular weight is 309 g/mol. The summed E-state index contributed by atoms with van der Waals surface area (Å²) in [6.45, 7) is 9.54. The van der Waals surface area contributed by atoms with Crippen LogP contribution in [0.25, 0.3) is 0 Å². The summed E-state index contributed by atoms with van der Waals surface area (Å²) in [5.41, 5.74) is -0.554. The minimum atomic E-state index is -0.548. The summed E-state index contributed by atoms with van der Waals surface area (Å²) in [5, 5.41) is 21.8. The summed E-state index contributed by atoms with van der Waals surface area (Å²) < 4.78 is 0. The van der Waals surface area contributed by atoms with Gasteiger partial charge in [0.05, 0.1) is 5.60 Å². The number of fused-ring (bicyclic) bond motifs is 3. The third-order valence-corrected chi connectivity index (χ3v) is 8.34. The first-order chi connectivity index (χ1) is 10.3. The fourth-order valence-corrected chi connectivity index (χ4v) is 6.56. The number of aliphatic hydroxyl groups excluding tert-OH is 1. The zero-order valence-corrected chi connectivity index (χ0v) is 15.1. The molecular formula is C20H36O2. The van der Waals surface area contributed by atoms with Crippen molar-refractivity contribution in [2.24, 2.45) is 34.5 Å². The van der Waals surface area contributed by atoms with Crippen molar-refractivity contribution in [3.63, 3.8) is 0 Å². The van der Waals surface area contributed by atoms with Crippen molar-refractivity contribution < 1.29 is 10.2 Å². The summed E-state index contributed by atoms with van der Waals surface area (Å²) >= 11 is 0. The molecule has 0 radical (unpaired) electrons. The lowest BCUT2D eigenvalue weighted by Gasteiger charge is -2.65. The highest BCUT2D eigenvalue weighted by Gasteiger charge is 2.64. The second-order valence-corrected chi connectivity index (χ2v) is 9.61. The third-order valence-electron chi connectivity index (χ3n) is 8.34. The maximum Gasteiger partial charge on any atom is 0.0737 e. The van der Waals surface area contributed by atoms with Crippen molar-refractivity contribution in [1.82, 2.24) is 0 Å². The largest absolute Gasteiger partial charge is 0.396 e. The molecule has 3 aliphatic rings. The van der Waals surface area contributed by atoms with Gasteiger partial charge in [0.2, 0.25) is 0 Å². The molecule has 2 N–H and O–H groups in total. The molecule has 2 heteroatoms. The first kappa shape index (κ1) is 16.8. The van der Waals surface area contributed by atoms with Crippen LogP contribution in [-0.4, -0.2) is 22.4 Å². The molecule has 128 valence electrons. The lowest BCUT2D eigenvalue weighted by Crippen LogP contribution is -2.65. The van der Waals surface area contributed by atoms with E-state index >= 15 is 0 Å². The van der Waals surface area contributed by atoms with E-state index in [4.69, 9.17) is 0 Å². The predicted octanol–water partition coefficient (Wildman–Crippen LogP) is 4.39. The van der Waals surface area contributed by atoms with Gasteiger partial charge in [-0.15, -0.1) is 0 Å². The van der Waals surface area contributed by atoms with Gasteiger partial charge in [0, 0.05) is 6.61 Å². The lowest BCUT2D eigenvalue weighted by molar-refractivity contribution is -0.242. The van der Waals surface area contributed by atoms with E-state index in [0.29, 0.717) is 5.92 Å². The van der Waals surface area contributed by atoms with E-state index < -0.39 is 5.60 Å². The molecular weight excluding hydrogens is 272 g/mol. The average Bonchev–Trinajstić information content (AvgIpc) is 2.47. The van der Waals surface area contributed by atoms with Gasteiger partial charge in [-0.3, -0.25) is 0 Å². The van der Waals surface area contributed by atoms with Gasteiger partial charge in [0.25, 0.3) is 0 Å². The topological polar surface area (TPSA) is 40.5 Å². The van der Waals surface area contributed by atoms with Gasteiger partial charge < -0.3 is 10.2 Å². The Hall–Kier alpha value is -0.0800. The third kappa shape index (κ3) is 2.20. The Morgan fingerprint density at radius 2 is 1.77 bits per heavy atom. The van der Waals surface area contributed by atoms with Gasteiger partial charge in [-0.05, 0) is 85.9 Å². The van der Waals surface area contributed by atoms with Crippen LogP contribution in [0.1, 0.15) is 79.1 Å². The quantitative estimate of drug-likeness (QED) is 0.794. The van der Waals surface area contributed by atoms with E-state index in [1.807, 2.05) is 0 Å². The molecule has 0 aromatic carbocycles. The molecule has 0 aliphatic heterocycles. The smallest absolute Gasteiger partial charge is 0.0737 e. The molecule has 3 aliphatic carbocycles. The fraction of sp³-hybridized carbons (Fsp3) is 1.00. The molecule has 0 unspecified atom stereocenters. The van der Waals surface area contributed by atoms with Crippen LogP contribution in [0, 0.1) is 34.5 Å². The Morgan fingerprint density at radius 1 is 1.05 bits per heavy atom. The van der Waals surface area contributed by atoms with Crippen molar-refractivity contribution in [1.29, 1.82) is 0 Å². The second kappa shape index (κ2) is 5.48. The van der Waals surface area contributed by atoms with Crippen LogP contribution >= 0.6 is 0 Å². The van der Waals surface area contributed by atoms with Crippen molar-refractivity contribution in [2.75, 3.05) is 6.61 Å². The molecule has 3 fully saturated rings. The molecule has 3 saturated carbocycles. The maximum absolute atomic E-state index is 11.8. The van der Waals surface area contributed by atoms with Gasteiger partial charge in [0.1, 0.15) is 0 Å². The van der Waals surface area contributed by atoms with Crippen LogP contribution in [0.4, 0.5) is 0 Å². The summed E-state index contributed by atoms with van der Waals surface area (Å²) in [6.07, 6.45) is 9.21. The molecule has 0 heterocycles. The molecule has 0 aromatic heterocycles. The molecule has 0 spiro atoms. The monoisotopic (exact) mass is 308 g/mol. The molecule has 0 aromatic rings. The highest BCUT2D eigenvalue weighted by Crippen LogP contribution is 2.65. The van der Waals surface area contributed by atoms with E-state index in [1.165, 1.54) is 25.7 Å². The summed E-state index contributed by atoms with van der Waals surface area (Å²) in [5.74, 6) is 2.57. The van der Waals surface area contributed by atoms with E-state index in [0.717, 1.165) is 37.5 Å². The Kier molecular flexibility index (Phi) is 4.18. The number of aliphatic hydroxyl groups is 2. The predicted molar refractivity (Wildman–Crippen MR) is 90.5 cm³/mol. The minimum Gasteiger partial charge on any atom is -0.396 e. The molecule has 2 nitrogen and oxygen atoms in total. The Morgan fingerprint density at radius 3 is 2.41 bits per heavy atom. The normalized spacial score (nSPS) is 52.2. The van der Waals surface area contributed by atoms with E-state index in [9.17, 15) is 10.2 Å². The number of rotatable bonds is 2. The standard InChI is InChI=1S/C20H36O2/c1-14(2)15-8-11-19(4)16(12-15)6-7-17-18(3,13-21)9-5-10-20(17,19)22/h14-17,21-22H,5-13H2,1-4H3/t15-,16+,17-,18-,19-,20+/m0/s1. The van der Waals surface area contributed by atoms with Gasteiger partial charge in [-0.1, -0.05) is 27.7 Å². The SMILES string of the molecule is CC(C)[C@H]1CC[C@@]2(C)[C@H](CC[C@H]3[C@](C)(CO)CCC[C@@]32O)C1. The van der Waals surface area contributed by atoms with E-state index in [1.54, 1.807) is 0 Å². The highest BCUT2D eigenvalue weighted by molar-refractivity contribution is 5.14.